The Kier molecular flexibility index (Phi) is 4.06. The first-order chi connectivity index (χ1) is 9.11. The van der Waals surface area contributed by atoms with Gasteiger partial charge in [-0.1, -0.05) is 6.07 Å². The highest BCUT2D eigenvalue weighted by Crippen LogP contribution is 2.24. The molecule has 0 unspecified atom stereocenters. The number of phenols is 1. The van der Waals surface area contributed by atoms with Crippen molar-refractivity contribution in [3.05, 3.63) is 46.2 Å². The van der Waals surface area contributed by atoms with Gasteiger partial charge in [0.25, 0.3) is 5.91 Å². The predicted octanol–water partition coefficient (Wildman–Crippen LogP) is 2.95. The summed E-state index contributed by atoms with van der Waals surface area (Å²) >= 11 is 1.58. The van der Waals surface area contributed by atoms with Crippen molar-refractivity contribution in [3.8, 4) is 11.5 Å². The number of benzene rings is 1. The Labute approximate surface area is 115 Å². The molecule has 0 spiro atoms. The normalized spacial score (nSPS) is 11.9. The van der Waals surface area contributed by atoms with E-state index in [9.17, 15) is 9.90 Å². The van der Waals surface area contributed by atoms with Crippen LogP contribution >= 0.6 is 11.3 Å². The van der Waals surface area contributed by atoms with Gasteiger partial charge in [0.15, 0.2) is 0 Å². The highest BCUT2D eigenvalue weighted by molar-refractivity contribution is 7.10. The SMILES string of the molecule is COc1ccc(C(=O)N[C@H](C)c2cccs2)c(O)c1. The van der Waals surface area contributed by atoms with E-state index in [0.717, 1.165) is 4.88 Å². The summed E-state index contributed by atoms with van der Waals surface area (Å²) in [5, 5.41) is 14.6. The lowest BCUT2D eigenvalue weighted by Crippen LogP contribution is -2.26. The van der Waals surface area contributed by atoms with E-state index in [1.165, 1.54) is 13.2 Å². The van der Waals surface area contributed by atoms with Gasteiger partial charge < -0.3 is 15.2 Å². The Balaban J connectivity index is 2.12. The zero-order valence-corrected chi connectivity index (χ0v) is 11.5. The van der Waals surface area contributed by atoms with Crippen LogP contribution in [-0.2, 0) is 0 Å². The molecule has 2 aromatic rings. The molecular weight excluding hydrogens is 262 g/mol. The number of ether oxygens (including phenoxy) is 1. The molecule has 1 amide bonds. The first kappa shape index (κ1) is 13.4. The summed E-state index contributed by atoms with van der Waals surface area (Å²) in [7, 11) is 1.51. The molecule has 4 nitrogen and oxygen atoms in total. The molecule has 0 saturated carbocycles. The summed E-state index contributed by atoms with van der Waals surface area (Å²) in [4.78, 5) is 13.1. The Morgan fingerprint density at radius 2 is 2.21 bits per heavy atom. The fourth-order valence-corrected chi connectivity index (χ4v) is 2.45. The van der Waals surface area contributed by atoms with E-state index in [0.29, 0.717) is 5.75 Å². The smallest absolute Gasteiger partial charge is 0.255 e. The minimum atomic E-state index is -0.305. The minimum Gasteiger partial charge on any atom is -0.507 e. The highest BCUT2D eigenvalue weighted by atomic mass is 32.1. The number of carbonyl (C=O) groups is 1. The maximum absolute atomic E-state index is 12.1. The topological polar surface area (TPSA) is 58.6 Å². The van der Waals surface area contributed by atoms with Crippen LogP contribution in [0.5, 0.6) is 11.5 Å². The lowest BCUT2D eigenvalue weighted by molar-refractivity contribution is 0.0938. The molecule has 0 radical (unpaired) electrons. The fourth-order valence-electron chi connectivity index (χ4n) is 1.71. The second kappa shape index (κ2) is 5.75. The molecule has 0 saturated heterocycles. The Morgan fingerprint density at radius 1 is 1.42 bits per heavy atom. The molecule has 1 aromatic heterocycles. The Morgan fingerprint density at radius 3 is 2.79 bits per heavy atom. The van der Waals surface area contributed by atoms with Gasteiger partial charge in [0.2, 0.25) is 0 Å². The van der Waals surface area contributed by atoms with Crippen LogP contribution in [-0.4, -0.2) is 18.1 Å². The first-order valence-corrected chi connectivity index (χ1v) is 6.71. The van der Waals surface area contributed by atoms with Crippen molar-refractivity contribution >= 4 is 17.2 Å². The predicted molar refractivity (Wildman–Crippen MR) is 74.9 cm³/mol. The number of aromatic hydroxyl groups is 1. The number of methoxy groups -OCH3 is 1. The van der Waals surface area contributed by atoms with Gasteiger partial charge >= 0.3 is 0 Å². The van der Waals surface area contributed by atoms with Crippen molar-refractivity contribution in [2.45, 2.75) is 13.0 Å². The van der Waals surface area contributed by atoms with Gasteiger partial charge in [-0.05, 0) is 30.5 Å². The number of rotatable bonds is 4. The summed E-state index contributed by atoms with van der Waals surface area (Å²) in [6, 6.07) is 8.42. The molecule has 5 heteroatoms. The lowest BCUT2D eigenvalue weighted by atomic mass is 10.1. The standard InChI is InChI=1S/C14H15NO3S/c1-9(13-4-3-7-19-13)15-14(17)11-6-5-10(18-2)8-12(11)16/h3-9,16H,1-2H3,(H,15,17)/t9-/m1/s1. The molecule has 19 heavy (non-hydrogen) atoms. The summed E-state index contributed by atoms with van der Waals surface area (Å²) in [6.07, 6.45) is 0. The number of amides is 1. The van der Waals surface area contributed by atoms with Crippen LogP contribution in [0.1, 0.15) is 28.2 Å². The molecule has 1 aromatic carbocycles. The first-order valence-electron chi connectivity index (χ1n) is 5.83. The Bertz CT molecular complexity index is 566. The number of hydrogen-bond donors (Lipinski definition) is 2. The Hall–Kier alpha value is -2.01. The van der Waals surface area contributed by atoms with Crippen LogP contribution in [0.3, 0.4) is 0 Å². The third kappa shape index (κ3) is 3.06. The zero-order valence-electron chi connectivity index (χ0n) is 10.7. The number of carbonyl (C=O) groups excluding carboxylic acids is 1. The molecule has 0 aliphatic rings. The third-order valence-electron chi connectivity index (χ3n) is 2.77. The van der Waals surface area contributed by atoms with Crippen molar-refractivity contribution in [1.82, 2.24) is 5.32 Å². The lowest BCUT2D eigenvalue weighted by Gasteiger charge is -2.13. The minimum absolute atomic E-state index is 0.0878. The van der Waals surface area contributed by atoms with Gasteiger partial charge in [0.1, 0.15) is 11.5 Å². The number of nitrogens with one attached hydrogen (secondary N) is 1. The molecule has 2 N–H and O–H groups in total. The van der Waals surface area contributed by atoms with Crippen LogP contribution in [0.2, 0.25) is 0 Å². The second-order valence-electron chi connectivity index (χ2n) is 4.09. The third-order valence-corrected chi connectivity index (χ3v) is 3.82. The molecule has 1 heterocycles. The van der Waals surface area contributed by atoms with Gasteiger partial charge in [-0.2, -0.15) is 0 Å². The van der Waals surface area contributed by atoms with Crippen LogP contribution in [0.4, 0.5) is 0 Å². The van der Waals surface area contributed by atoms with Crippen molar-refractivity contribution in [3.63, 3.8) is 0 Å². The van der Waals surface area contributed by atoms with Crippen LogP contribution in [0.15, 0.2) is 35.7 Å². The maximum atomic E-state index is 12.1. The maximum Gasteiger partial charge on any atom is 0.255 e. The molecule has 100 valence electrons. The van der Waals surface area contributed by atoms with E-state index >= 15 is 0 Å². The van der Waals surface area contributed by atoms with E-state index in [1.54, 1.807) is 23.5 Å². The van der Waals surface area contributed by atoms with Crippen LogP contribution in [0.25, 0.3) is 0 Å². The largest absolute Gasteiger partial charge is 0.507 e. The van der Waals surface area contributed by atoms with Crippen molar-refractivity contribution in [2.24, 2.45) is 0 Å². The van der Waals surface area contributed by atoms with Crippen molar-refractivity contribution in [1.29, 1.82) is 0 Å². The summed E-state index contributed by atoms with van der Waals surface area (Å²) in [5.41, 5.74) is 0.240. The number of thiophene rings is 1. The average Bonchev–Trinajstić information content (AvgIpc) is 2.92. The number of phenolic OH excluding ortho intramolecular Hbond substituents is 1. The summed E-state index contributed by atoms with van der Waals surface area (Å²) in [6.45, 7) is 1.91. The van der Waals surface area contributed by atoms with Gasteiger partial charge in [-0.3, -0.25) is 4.79 Å². The van der Waals surface area contributed by atoms with Crippen molar-refractivity contribution < 1.29 is 14.6 Å². The van der Waals surface area contributed by atoms with E-state index in [1.807, 2.05) is 24.4 Å². The molecular formula is C14H15NO3S. The van der Waals surface area contributed by atoms with Gasteiger partial charge in [-0.25, -0.2) is 0 Å². The average molecular weight is 277 g/mol. The molecule has 0 fully saturated rings. The molecule has 2 rings (SSSR count). The van der Waals surface area contributed by atoms with Gasteiger partial charge in [0, 0.05) is 10.9 Å². The molecule has 0 aliphatic carbocycles. The molecule has 0 aliphatic heterocycles. The van der Waals surface area contributed by atoms with Crippen molar-refractivity contribution in [2.75, 3.05) is 7.11 Å². The molecule has 1 atom stereocenters. The summed E-state index contributed by atoms with van der Waals surface area (Å²) in [5.74, 6) is 0.122. The summed E-state index contributed by atoms with van der Waals surface area (Å²) < 4.78 is 4.98. The van der Waals surface area contributed by atoms with E-state index in [2.05, 4.69) is 5.32 Å². The van der Waals surface area contributed by atoms with Crippen LogP contribution < -0.4 is 10.1 Å². The second-order valence-corrected chi connectivity index (χ2v) is 5.07. The van der Waals surface area contributed by atoms with Gasteiger partial charge in [-0.15, -0.1) is 11.3 Å². The van der Waals surface area contributed by atoms with Gasteiger partial charge in [0.05, 0.1) is 18.7 Å². The van der Waals surface area contributed by atoms with E-state index < -0.39 is 0 Å². The molecule has 0 bridgehead atoms. The number of hydrogen-bond acceptors (Lipinski definition) is 4. The highest BCUT2D eigenvalue weighted by Gasteiger charge is 2.15. The van der Waals surface area contributed by atoms with E-state index in [4.69, 9.17) is 4.74 Å². The zero-order chi connectivity index (χ0) is 13.8. The fraction of sp³-hybridized carbons (Fsp3) is 0.214. The monoisotopic (exact) mass is 277 g/mol. The van der Waals surface area contributed by atoms with E-state index in [-0.39, 0.29) is 23.3 Å². The van der Waals surface area contributed by atoms with Crippen LogP contribution in [0, 0.1) is 0 Å². The quantitative estimate of drug-likeness (QED) is 0.903.